The first kappa shape index (κ1) is 27.3. The number of hydrogen-bond donors (Lipinski definition) is 3. The molecule has 0 bridgehead atoms. The number of anilines is 2. The molecule has 4 heterocycles. The molecule has 1 saturated heterocycles. The van der Waals surface area contributed by atoms with Gasteiger partial charge in [0, 0.05) is 43.8 Å². The number of nitrogens with one attached hydrogen (secondary N) is 3. The van der Waals surface area contributed by atoms with Gasteiger partial charge in [0.15, 0.2) is 0 Å². The second-order valence-electron chi connectivity index (χ2n) is 11.5. The molecule has 0 unspecified atom stereocenters. The molecule has 39 heavy (non-hydrogen) atoms. The van der Waals surface area contributed by atoms with Crippen molar-refractivity contribution in [1.29, 1.82) is 0 Å². The number of likely N-dealkylation sites (N-methyl/N-ethyl adjacent to an activating group) is 1. The zero-order valence-electron chi connectivity index (χ0n) is 23.0. The fourth-order valence-corrected chi connectivity index (χ4v) is 6.02. The first-order chi connectivity index (χ1) is 18.8. The minimum atomic E-state index is -0.714. The van der Waals surface area contributed by atoms with E-state index in [2.05, 4.69) is 33.0 Å². The van der Waals surface area contributed by atoms with Gasteiger partial charge in [-0.15, -0.1) is 0 Å². The van der Waals surface area contributed by atoms with Crippen molar-refractivity contribution in [3.05, 3.63) is 35.8 Å². The van der Waals surface area contributed by atoms with Gasteiger partial charge >= 0.3 is 0 Å². The van der Waals surface area contributed by atoms with Crippen LogP contribution in [0.3, 0.4) is 0 Å². The number of carbonyl (C=O) groups is 3. The zero-order chi connectivity index (χ0) is 27.6. The average molecular weight is 538 g/mol. The summed E-state index contributed by atoms with van der Waals surface area (Å²) in [5.41, 5.74) is 1.34. The minimum Gasteiger partial charge on any atom is -0.381 e. The van der Waals surface area contributed by atoms with Crippen molar-refractivity contribution in [3.8, 4) is 0 Å². The van der Waals surface area contributed by atoms with Crippen LogP contribution in [-0.2, 0) is 26.3 Å². The highest BCUT2D eigenvalue weighted by Crippen LogP contribution is 2.44. The van der Waals surface area contributed by atoms with Crippen molar-refractivity contribution in [2.24, 2.45) is 11.8 Å². The smallest absolute Gasteiger partial charge is 0.270 e. The van der Waals surface area contributed by atoms with Crippen molar-refractivity contribution in [1.82, 2.24) is 25.0 Å². The van der Waals surface area contributed by atoms with E-state index in [0.29, 0.717) is 55.7 Å². The van der Waals surface area contributed by atoms with Gasteiger partial charge in [-0.2, -0.15) is 5.10 Å². The van der Waals surface area contributed by atoms with E-state index in [4.69, 9.17) is 4.74 Å². The molecule has 2 aromatic heterocycles. The molecule has 1 aliphatic carbocycles. The lowest BCUT2D eigenvalue weighted by Gasteiger charge is -2.32. The maximum Gasteiger partial charge on any atom is 0.270 e. The molecule has 11 nitrogen and oxygen atoms in total. The van der Waals surface area contributed by atoms with Crippen LogP contribution in [0.15, 0.2) is 24.5 Å². The van der Waals surface area contributed by atoms with Gasteiger partial charge in [0.05, 0.1) is 17.6 Å². The van der Waals surface area contributed by atoms with Crippen molar-refractivity contribution in [3.63, 3.8) is 0 Å². The summed E-state index contributed by atoms with van der Waals surface area (Å²) in [6.07, 6.45) is 8.26. The van der Waals surface area contributed by atoms with E-state index < -0.39 is 11.5 Å². The van der Waals surface area contributed by atoms with E-state index in [0.717, 1.165) is 37.8 Å². The van der Waals surface area contributed by atoms with Gasteiger partial charge in [-0.25, -0.2) is 4.98 Å². The van der Waals surface area contributed by atoms with Gasteiger partial charge in [-0.05, 0) is 57.7 Å². The van der Waals surface area contributed by atoms with Crippen LogP contribution in [0.1, 0.15) is 61.5 Å². The Morgan fingerprint density at radius 3 is 2.69 bits per heavy atom. The van der Waals surface area contributed by atoms with Gasteiger partial charge in [-0.3, -0.25) is 19.1 Å². The molecule has 1 spiro atoms. The summed E-state index contributed by atoms with van der Waals surface area (Å²) in [7, 11) is 3.94. The van der Waals surface area contributed by atoms with Crippen LogP contribution < -0.4 is 16.0 Å². The summed E-state index contributed by atoms with van der Waals surface area (Å²) >= 11 is 0. The van der Waals surface area contributed by atoms with E-state index >= 15 is 0 Å². The Kier molecular flexibility index (Phi) is 7.99. The van der Waals surface area contributed by atoms with Crippen molar-refractivity contribution >= 4 is 29.2 Å². The third-order valence-electron chi connectivity index (χ3n) is 8.51. The summed E-state index contributed by atoms with van der Waals surface area (Å²) in [4.78, 5) is 46.4. The fourth-order valence-electron chi connectivity index (χ4n) is 6.02. The van der Waals surface area contributed by atoms with Gasteiger partial charge in [0.1, 0.15) is 17.6 Å². The molecule has 0 radical (unpaired) electrons. The molecule has 5 rings (SSSR count). The second-order valence-corrected chi connectivity index (χ2v) is 11.5. The SMILES string of the molecule is CN(C)CCn1nccc1C(=O)N[C@H](C(=O)Nc1cc2c(cn1)C1(CCOCC1)C(=O)N2)[C@H]1CC[C@H](C)CC1. The highest BCUT2D eigenvalue weighted by atomic mass is 16.5. The lowest BCUT2D eigenvalue weighted by molar-refractivity contribution is -0.124. The number of rotatable bonds is 8. The molecular formula is C28H39N7O4. The maximum atomic E-state index is 13.7. The number of aromatic nitrogens is 3. The van der Waals surface area contributed by atoms with Crippen LogP contribution >= 0.6 is 0 Å². The number of amides is 3. The molecule has 11 heteroatoms. The van der Waals surface area contributed by atoms with Gasteiger partial charge in [0.2, 0.25) is 11.8 Å². The fraction of sp³-hybridized carbons (Fsp3) is 0.607. The predicted molar refractivity (Wildman–Crippen MR) is 146 cm³/mol. The molecule has 2 aliphatic heterocycles. The topological polar surface area (TPSA) is 130 Å². The van der Waals surface area contributed by atoms with E-state index in [1.165, 1.54) is 0 Å². The molecule has 2 fully saturated rings. The van der Waals surface area contributed by atoms with Gasteiger partial charge in [-0.1, -0.05) is 19.8 Å². The summed E-state index contributed by atoms with van der Waals surface area (Å²) in [5.74, 6) is 0.303. The van der Waals surface area contributed by atoms with Crippen molar-refractivity contribution in [2.45, 2.75) is 63.5 Å². The molecule has 3 N–H and O–H groups in total. The van der Waals surface area contributed by atoms with Crippen LogP contribution in [0.5, 0.6) is 0 Å². The summed E-state index contributed by atoms with van der Waals surface area (Å²) in [6, 6.07) is 2.68. The first-order valence-electron chi connectivity index (χ1n) is 13.9. The molecule has 3 aliphatic rings. The summed E-state index contributed by atoms with van der Waals surface area (Å²) < 4.78 is 7.15. The second kappa shape index (κ2) is 11.4. The zero-order valence-corrected chi connectivity index (χ0v) is 23.0. The molecule has 3 amide bonds. The minimum absolute atomic E-state index is 0.0166. The van der Waals surface area contributed by atoms with Gasteiger partial charge < -0.3 is 25.6 Å². The number of nitrogens with zero attached hydrogens (tertiary/aromatic N) is 4. The summed E-state index contributed by atoms with van der Waals surface area (Å²) in [5, 5.41) is 13.2. The number of carbonyl (C=O) groups excluding carboxylic acids is 3. The van der Waals surface area contributed by atoms with E-state index in [-0.39, 0.29) is 23.6 Å². The predicted octanol–water partition coefficient (Wildman–Crippen LogP) is 2.40. The van der Waals surface area contributed by atoms with Gasteiger partial charge in [0.25, 0.3) is 5.91 Å². The largest absolute Gasteiger partial charge is 0.381 e. The monoisotopic (exact) mass is 537 g/mol. The molecule has 1 saturated carbocycles. The highest BCUT2D eigenvalue weighted by Gasteiger charge is 2.48. The Morgan fingerprint density at radius 1 is 1.23 bits per heavy atom. The van der Waals surface area contributed by atoms with E-state index in [9.17, 15) is 14.4 Å². The number of ether oxygens (including phenoxy) is 1. The highest BCUT2D eigenvalue weighted by molar-refractivity contribution is 6.07. The Morgan fingerprint density at radius 2 is 1.97 bits per heavy atom. The quantitative estimate of drug-likeness (QED) is 0.471. The van der Waals surface area contributed by atoms with E-state index in [1.807, 2.05) is 19.0 Å². The average Bonchev–Trinajstić information content (AvgIpc) is 3.49. The lowest BCUT2D eigenvalue weighted by atomic mass is 9.76. The normalized spacial score (nSPS) is 22.8. The Labute approximate surface area is 229 Å². The summed E-state index contributed by atoms with van der Waals surface area (Å²) in [6.45, 7) is 4.59. The van der Waals surface area contributed by atoms with Crippen molar-refractivity contribution in [2.75, 3.05) is 44.5 Å². The number of fused-ring (bicyclic) bond motifs is 2. The molecule has 0 aromatic carbocycles. The molecular weight excluding hydrogens is 498 g/mol. The standard InChI is InChI=1S/C28H39N7O4/c1-18-4-6-19(7-5-18)24(33-25(36)22-8-11-30-35(22)13-12-34(2)3)26(37)32-23-16-21-20(17-29-23)28(27(38)31-21)9-14-39-15-10-28/h8,11,16-19,24H,4-7,9-10,12-15H2,1-3H3,(H,31,38)(H,33,36)(H,29,32,37)/t18-,19-,24-/m0/s1. The van der Waals surface area contributed by atoms with Crippen molar-refractivity contribution < 1.29 is 19.1 Å². The molecule has 1 atom stereocenters. The molecule has 210 valence electrons. The Balaban J connectivity index is 1.33. The van der Waals surface area contributed by atoms with Crippen LogP contribution in [0.25, 0.3) is 0 Å². The van der Waals surface area contributed by atoms with E-state index in [1.54, 1.807) is 29.2 Å². The third kappa shape index (κ3) is 5.69. The third-order valence-corrected chi connectivity index (χ3v) is 8.51. The number of hydrogen-bond acceptors (Lipinski definition) is 7. The molecule has 2 aromatic rings. The Bertz CT molecular complexity index is 1210. The van der Waals surface area contributed by atoms with Crippen LogP contribution in [-0.4, -0.2) is 77.3 Å². The number of pyridine rings is 1. The maximum absolute atomic E-state index is 13.7. The first-order valence-corrected chi connectivity index (χ1v) is 13.9. The van der Waals surface area contributed by atoms with Crippen LogP contribution in [0.2, 0.25) is 0 Å². The van der Waals surface area contributed by atoms with Crippen LogP contribution in [0.4, 0.5) is 11.5 Å². The van der Waals surface area contributed by atoms with Crippen LogP contribution in [0, 0.1) is 11.8 Å². The Hall–Kier alpha value is -3.31. The lowest BCUT2D eigenvalue weighted by Crippen LogP contribution is -2.49.